The van der Waals surface area contributed by atoms with E-state index in [1.54, 1.807) is 6.26 Å². The number of furan rings is 1. The molecule has 0 atom stereocenters. The van der Waals surface area contributed by atoms with Crippen molar-refractivity contribution in [1.82, 2.24) is 15.1 Å². The normalized spacial score (nSPS) is 15.1. The molecule has 1 aliphatic rings. The van der Waals surface area contributed by atoms with E-state index in [0.29, 0.717) is 6.04 Å². The topological polar surface area (TPSA) is 43.0 Å². The summed E-state index contributed by atoms with van der Waals surface area (Å²) in [5, 5.41) is 7.96. The largest absolute Gasteiger partial charge is 0.467 e. The van der Waals surface area contributed by atoms with Crippen LogP contribution in [-0.4, -0.2) is 15.8 Å². The highest BCUT2D eigenvalue weighted by molar-refractivity contribution is 5.67. The lowest BCUT2D eigenvalue weighted by atomic mass is 10.1. The average Bonchev–Trinajstić information content (AvgIpc) is 3.02. The first-order valence-corrected chi connectivity index (χ1v) is 7.12. The number of aromatic nitrogens is 2. The van der Waals surface area contributed by atoms with Crippen molar-refractivity contribution in [2.45, 2.75) is 52.2 Å². The Balaban J connectivity index is 1.82. The molecule has 1 aliphatic carbocycles. The number of rotatable bonds is 6. The van der Waals surface area contributed by atoms with Crippen molar-refractivity contribution in [2.24, 2.45) is 0 Å². The molecular weight excluding hydrogens is 238 g/mol. The first-order chi connectivity index (χ1) is 9.29. The van der Waals surface area contributed by atoms with Crippen LogP contribution >= 0.6 is 0 Å². The molecule has 0 bridgehead atoms. The first-order valence-electron chi connectivity index (χ1n) is 7.12. The Morgan fingerprint density at radius 2 is 2.26 bits per heavy atom. The van der Waals surface area contributed by atoms with Crippen molar-refractivity contribution < 1.29 is 4.42 Å². The Morgan fingerprint density at radius 1 is 1.42 bits per heavy atom. The van der Waals surface area contributed by atoms with Crippen LogP contribution in [0.25, 0.3) is 11.1 Å². The van der Waals surface area contributed by atoms with E-state index in [1.165, 1.54) is 29.7 Å². The predicted molar refractivity (Wildman–Crippen MR) is 74.8 cm³/mol. The van der Waals surface area contributed by atoms with Gasteiger partial charge in [-0.05, 0) is 32.3 Å². The standard InChI is InChI=1S/C15H21N3O/c1-3-7-18-11(2)14(9-17-18)13-6-8-19-15(13)10-16-12-4-5-12/h6,8-9,12,16H,3-5,7,10H2,1-2H3. The highest BCUT2D eigenvalue weighted by atomic mass is 16.3. The summed E-state index contributed by atoms with van der Waals surface area (Å²) in [5.74, 6) is 1.02. The Bertz CT molecular complexity index is 551. The number of nitrogens with zero attached hydrogens (tertiary/aromatic N) is 2. The third-order valence-corrected chi connectivity index (χ3v) is 3.70. The van der Waals surface area contributed by atoms with Gasteiger partial charge in [-0.1, -0.05) is 6.92 Å². The van der Waals surface area contributed by atoms with Gasteiger partial charge in [0.1, 0.15) is 5.76 Å². The molecule has 2 heterocycles. The molecule has 1 saturated carbocycles. The second-order valence-electron chi connectivity index (χ2n) is 5.28. The lowest BCUT2D eigenvalue weighted by molar-refractivity contribution is 0.483. The molecule has 4 nitrogen and oxygen atoms in total. The van der Waals surface area contributed by atoms with Crippen LogP contribution in [0.15, 0.2) is 22.9 Å². The van der Waals surface area contributed by atoms with Gasteiger partial charge >= 0.3 is 0 Å². The highest BCUT2D eigenvalue weighted by Gasteiger charge is 2.22. The van der Waals surface area contributed by atoms with Crippen molar-refractivity contribution in [3.05, 3.63) is 30.0 Å². The molecule has 102 valence electrons. The second kappa shape index (κ2) is 5.21. The van der Waals surface area contributed by atoms with Gasteiger partial charge < -0.3 is 9.73 Å². The highest BCUT2D eigenvalue weighted by Crippen LogP contribution is 2.29. The van der Waals surface area contributed by atoms with E-state index in [1.807, 2.05) is 12.3 Å². The molecule has 2 aromatic heterocycles. The maximum atomic E-state index is 5.62. The van der Waals surface area contributed by atoms with Crippen LogP contribution in [0.4, 0.5) is 0 Å². The zero-order chi connectivity index (χ0) is 13.2. The van der Waals surface area contributed by atoms with E-state index in [4.69, 9.17) is 4.42 Å². The SMILES string of the molecule is CCCn1ncc(-c2ccoc2CNC2CC2)c1C. The maximum Gasteiger partial charge on any atom is 0.125 e. The molecule has 1 fully saturated rings. The smallest absolute Gasteiger partial charge is 0.125 e. The summed E-state index contributed by atoms with van der Waals surface area (Å²) in [5.41, 5.74) is 3.58. The van der Waals surface area contributed by atoms with Crippen LogP contribution in [0.2, 0.25) is 0 Å². The van der Waals surface area contributed by atoms with Gasteiger partial charge in [-0.15, -0.1) is 0 Å². The maximum absolute atomic E-state index is 5.62. The molecular formula is C15H21N3O. The van der Waals surface area contributed by atoms with Gasteiger partial charge in [0, 0.05) is 29.4 Å². The Hall–Kier alpha value is -1.55. The molecule has 0 spiro atoms. The first kappa shape index (κ1) is 12.5. The molecule has 1 N–H and O–H groups in total. The van der Waals surface area contributed by atoms with Crippen molar-refractivity contribution in [3.63, 3.8) is 0 Å². The van der Waals surface area contributed by atoms with Crippen LogP contribution in [0.5, 0.6) is 0 Å². The molecule has 0 radical (unpaired) electrons. The molecule has 0 unspecified atom stereocenters. The van der Waals surface area contributed by atoms with E-state index in [2.05, 4.69) is 28.9 Å². The van der Waals surface area contributed by atoms with Gasteiger partial charge in [-0.25, -0.2) is 0 Å². The molecule has 0 aromatic carbocycles. The second-order valence-corrected chi connectivity index (χ2v) is 5.28. The van der Waals surface area contributed by atoms with E-state index in [-0.39, 0.29) is 0 Å². The third kappa shape index (κ3) is 2.59. The summed E-state index contributed by atoms with van der Waals surface area (Å²) < 4.78 is 7.69. The van der Waals surface area contributed by atoms with Gasteiger partial charge in [-0.3, -0.25) is 4.68 Å². The summed E-state index contributed by atoms with van der Waals surface area (Å²) >= 11 is 0. The van der Waals surface area contributed by atoms with Crippen LogP contribution in [0, 0.1) is 6.92 Å². The number of hydrogen-bond acceptors (Lipinski definition) is 3. The van der Waals surface area contributed by atoms with Crippen molar-refractivity contribution in [2.75, 3.05) is 0 Å². The zero-order valence-electron chi connectivity index (χ0n) is 11.6. The van der Waals surface area contributed by atoms with Gasteiger partial charge in [0.25, 0.3) is 0 Å². The Morgan fingerprint density at radius 3 is 3.00 bits per heavy atom. The van der Waals surface area contributed by atoms with Crippen LogP contribution < -0.4 is 5.32 Å². The monoisotopic (exact) mass is 259 g/mol. The van der Waals surface area contributed by atoms with Crippen molar-refractivity contribution in [3.8, 4) is 11.1 Å². The number of hydrogen-bond donors (Lipinski definition) is 1. The lowest BCUT2D eigenvalue weighted by Gasteiger charge is -2.05. The summed E-state index contributed by atoms with van der Waals surface area (Å²) in [7, 11) is 0. The van der Waals surface area contributed by atoms with Crippen LogP contribution in [-0.2, 0) is 13.1 Å². The molecule has 3 rings (SSSR count). The minimum absolute atomic E-state index is 0.696. The molecule has 0 aliphatic heterocycles. The average molecular weight is 259 g/mol. The van der Waals surface area contributed by atoms with Crippen LogP contribution in [0.1, 0.15) is 37.6 Å². The van der Waals surface area contributed by atoms with Crippen molar-refractivity contribution in [1.29, 1.82) is 0 Å². The number of nitrogens with one attached hydrogen (secondary N) is 1. The summed E-state index contributed by atoms with van der Waals surface area (Å²) in [6.45, 7) is 6.08. The molecule has 19 heavy (non-hydrogen) atoms. The Labute approximate surface area is 113 Å². The molecule has 0 saturated heterocycles. The van der Waals surface area contributed by atoms with E-state index in [9.17, 15) is 0 Å². The number of aryl methyl sites for hydroxylation is 1. The Kier molecular flexibility index (Phi) is 3.42. The van der Waals surface area contributed by atoms with Gasteiger partial charge in [-0.2, -0.15) is 5.10 Å². The van der Waals surface area contributed by atoms with E-state index >= 15 is 0 Å². The summed E-state index contributed by atoms with van der Waals surface area (Å²) in [6.07, 6.45) is 7.42. The van der Waals surface area contributed by atoms with Gasteiger partial charge in [0.2, 0.25) is 0 Å². The fourth-order valence-corrected chi connectivity index (χ4v) is 2.39. The fourth-order valence-electron chi connectivity index (χ4n) is 2.39. The molecule has 0 amide bonds. The minimum atomic E-state index is 0.696. The van der Waals surface area contributed by atoms with E-state index < -0.39 is 0 Å². The predicted octanol–water partition coefficient (Wildman–Crippen LogP) is 3.11. The van der Waals surface area contributed by atoms with Crippen LogP contribution in [0.3, 0.4) is 0 Å². The molecule has 4 heteroatoms. The lowest BCUT2D eigenvalue weighted by Crippen LogP contribution is -2.15. The van der Waals surface area contributed by atoms with Crippen molar-refractivity contribution >= 4 is 0 Å². The fraction of sp³-hybridized carbons (Fsp3) is 0.533. The van der Waals surface area contributed by atoms with Gasteiger partial charge in [0.15, 0.2) is 0 Å². The third-order valence-electron chi connectivity index (χ3n) is 3.70. The molecule has 2 aromatic rings. The quantitative estimate of drug-likeness (QED) is 0.866. The summed E-state index contributed by atoms with van der Waals surface area (Å²) in [4.78, 5) is 0. The van der Waals surface area contributed by atoms with E-state index in [0.717, 1.165) is 25.3 Å². The summed E-state index contributed by atoms with van der Waals surface area (Å²) in [6, 6.07) is 2.74. The zero-order valence-corrected chi connectivity index (χ0v) is 11.6. The minimum Gasteiger partial charge on any atom is -0.467 e. The van der Waals surface area contributed by atoms with Gasteiger partial charge in [0.05, 0.1) is 19.0 Å².